The minimum Gasteiger partial charge on any atom is -0.388 e. The van der Waals surface area contributed by atoms with Gasteiger partial charge in [-0.25, -0.2) is 0 Å². The van der Waals surface area contributed by atoms with Gasteiger partial charge in [-0.05, 0) is 13.0 Å². The van der Waals surface area contributed by atoms with E-state index in [0.29, 0.717) is 6.04 Å². The van der Waals surface area contributed by atoms with Gasteiger partial charge in [0.15, 0.2) is 0 Å². The normalized spacial score (nSPS) is 28.5. The molecule has 1 aliphatic rings. The molecule has 0 saturated carbocycles. The second-order valence-corrected chi connectivity index (χ2v) is 3.06. The Labute approximate surface area is 76.4 Å². The maximum atomic E-state index is 3.90. The smallest absolute Gasteiger partial charge is 0.0184 e. The molecule has 2 nitrogen and oxygen atoms in total. The van der Waals surface area contributed by atoms with Gasteiger partial charge in [-0.1, -0.05) is 27.4 Å². The second kappa shape index (κ2) is 6.06. The molecule has 12 heavy (non-hydrogen) atoms. The van der Waals surface area contributed by atoms with Crippen molar-refractivity contribution in [2.45, 2.75) is 33.2 Å². The van der Waals surface area contributed by atoms with Crippen LogP contribution in [0.25, 0.3) is 0 Å². The Bertz CT molecular complexity index is 132. The van der Waals surface area contributed by atoms with Crippen LogP contribution >= 0.6 is 0 Å². The summed E-state index contributed by atoms with van der Waals surface area (Å²) in [6, 6.07) is 0.619. The lowest BCUT2D eigenvalue weighted by molar-refractivity contribution is 0.344. The van der Waals surface area contributed by atoms with E-state index in [2.05, 4.69) is 24.1 Å². The summed E-state index contributed by atoms with van der Waals surface area (Å²) >= 11 is 0. The van der Waals surface area contributed by atoms with E-state index < -0.39 is 0 Å². The Morgan fingerprint density at radius 1 is 1.50 bits per heavy atom. The van der Waals surface area contributed by atoms with E-state index in [9.17, 15) is 0 Å². The van der Waals surface area contributed by atoms with Gasteiger partial charge in [-0.2, -0.15) is 0 Å². The maximum absolute atomic E-state index is 3.90. The molecule has 0 aromatic carbocycles. The number of nitrogens with one attached hydrogen (secondary N) is 2. The van der Waals surface area contributed by atoms with E-state index in [0.717, 1.165) is 24.6 Å². The highest BCUT2D eigenvalue weighted by Crippen LogP contribution is 2.14. The molecule has 0 amide bonds. The summed E-state index contributed by atoms with van der Waals surface area (Å²) in [5, 5.41) is 6.54. The lowest BCUT2D eigenvalue weighted by Crippen LogP contribution is -2.43. The van der Waals surface area contributed by atoms with Crippen molar-refractivity contribution in [1.82, 2.24) is 10.6 Å². The molecule has 0 aliphatic carbocycles. The minimum absolute atomic E-state index is 0.619. The fourth-order valence-corrected chi connectivity index (χ4v) is 1.37. The van der Waals surface area contributed by atoms with Gasteiger partial charge in [-0.15, -0.1) is 0 Å². The van der Waals surface area contributed by atoms with Crippen LogP contribution in [0, 0.1) is 5.92 Å². The number of rotatable bonds is 1. The van der Waals surface area contributed by atoms with E-state index in [1.54, 1.807) is 0 Å². The molecule has 1 fully saturated rings. The molecule has 1 rings (SSSR count). The van der Waals surface area contributed by atoms with Crippen molar-refractivity contribution in [1.29, 1.82) is 0 Å². The summed E-state index contributed by atoms with van der Waals surface area (Å²) in [5.74, 6) is 0.718. The van der Waals surface area contributed by atoms with Gasteiger partial charge in [0, 0.05) is 24.7 Å². The van der Waals surface area contributed by atoms with Crippen molar-refractivity contribution >= 4 is 0 Å². The molecule has 0 aromatic rings. The van der Waals surface area contributed by atoms with Crippen LogP contribution in [-0.4, -0.2) is 19.6 Å². The van der Waals surface area contributed by atoms with Crippen LogP contribution < -0.4 is 10.6 Å². The van der Waals surface area contributed by atoms with Crippen molar-refractivity contribution in [3.63, 3.8) is 0 Å². The van der Waals surface area contributed by atoms with Gasteiger partial charge in [0.25, 0.3) is 0 Å². The molecule has 0 aromatic heterocycles. The van der Waals surface area contributed by atoms with Crippen molar-refractivity contribution in [2.75, 3.05) is 13.6 Å². The zero-order valence-corrected chi connectivity index (χ0v) is 8.78. The Hall–Kier alpha value is -0.500. The highest BCUT2D eigenvalue weighted by Gasteiger charge is 2.20. The summed E-state index contributed by atoms with van der Waals surface area (Å²) in [6.45, 7) is 11.2. The largest absolute Gasteiger partial charge is 0.388 e. The molecular weight excluding hydrogens is 148 g/mol. The first kappa shape index (κ1) is 11.5. The average Bonchev–Trinajstić information content (AvgIpc) is 2.13. The SMILES string of the molecule is C=C1CC(NC)C(C)CN1.CC. The summed E-state index contributed by atoms with van der Waals surface area (Å²) in [5.41, 5.74) is 1.16. The standard InChI is InChI=1S/C8H16N2.C2H6/c1-6-5-10-7(2)4-8(6)9-3;1-2/h6,8-10H,2,4-5H2,1,3H3;1-2H3. The van der Waals surface area contributed by atoms with Crippen molar-refractivity contribution < 1.29 is 0 Å². The molecule has 2 unspecified atom stereocenters. The van der Waals surface area contributed by atoms with Gasteiger partial charge in [-0.3, -0.25) is 0 Å². The topological polar surface area (TPSA) is 24.1 Å². The monoisotopic (exact) mass is 170 g/mol. The first-order valence-electron chi connectivity index (χ1n) is 4.83. The quantitative estimate of drug-likeness (QED) is 0.626. The zero-order valence-electron chi connectivity index (χ0n) is 8.78. The van der Waals surface area contributed by atoms with Gasteiger partial charge in [0.05, 0.1) is 0 Å². The Morgan fingerprint density at radius 2 is 2.08 bits per heavy atom. The van der Waals surface area contributed by atoms with Crippen LogP contribution in [0.3, 0.4) is 0 Å². The lowest BCUT2D eigenvalue weighted by Gasteiger charge is -2.30. The summed E-state index contributed by atoms with van der Waals surface area (Å²) in [6.07, 6.45) is 1.07. The molecule has 2 atom stereocenters. The molecule has 2 N–H and O–H groups in total. The van der Waals surface area contributed by atoms with E-state index in [-0.39, 0.29) is 0 Å². The van der Waals surface area contributed by atoms with Crippen molar-refractivity contribution in [3.05, 3.63) is 12.3 Å². The highest BCUT2D eigenvalue weighted by molar-refractivity contribution is 5.01. The second-order valence-electron chi connectivity index (χ2n) is 3.06. The molecule has 0 bridgehead atoms. The first-order chi connectivity index (χ1) is 5.74. The number of hydrogen-bond donors (Lipinski definition) is 2. The third-order valence-electron chi connectivity index (χ3n) is 2.20. The van der Waals surface area contributed by atoms with E-state index >= 15 is 0 Å². The minimum atomic E-state index is 0.619. The zero-order chi connectivity index (χ0) is 9.56. The van der Waals surface area contributed by atoms with Gasteiger partial charge < -0.3 is 10.6 Å². The van der Waals surface area contributed by atoms with E-state index in [4.69, 9.17) is 0 Å². The summed E-state index contributed by atoms with van der Waals surface area (Å²) < 4.78 is 0. The molecule has 0 radical (unpaired) electrons. The number of hydrogen-bond acceptors (Lipinski definition) is 2. The Kier molecular flexibility index (Phi) is 5.81. The molecular formula is C10H22N2. The molecule has 1 saturated heterocycles. The average molecular weight is 170 g/mol. The van der Waals surface area contributed by atoms with Crippen LogP contribution in [0.5, 0.6) is 0 Å². The fourth-order valence-electron chi connectivity index (χ4n) is 1.37. The molecule has 1 heterocycles. The third-order valence-corrected chi connectivity index (χ3v) is 2.20. The van der Waals surface area contributed by atoms with E-state index in [1.807, 2.05) is 20.9 Å². The first-order valence-corrected chi connectivity index (χ1v) is 4.83. The Balaban J connectivity index is 0.000000561. The summed E-state index contributed by atoms with van der Waals surface area (Å²) in [7, 11) is 2.01. The van der Waals surface area contributed by atoms with Gasteiger partial charge >= 0.3 is 0 Å². The van der Waals surface area contributed by atoms with Crippen LogP contribution in [-0.2, 0) is 0 Å². The Morgan fingerprint density at radius 3 is 2.50 bits per heavy atom. The highest BCUT2D eigenvalue weighted by atomic mass is 15.0. The van der Waals surface area contributed by atoms with Gasteiger partial charge in [0.1, 0.15) is 0 Å². The lowest BCUT2D eigenvalue weighted by atomic mass is 9.94. The predicted octanol–water partition coefficient (Wildman–Crippen LogP) is 1.74. The molecule has 1 aliphatic heterocycles. The van der Waals surface area contributed by atoms with Crippen LogP contribution in [0.1, 0.15) is 27.2 Å². The predicted molar refractivity (Wildman–Crippen MR) is 55.1 cm³/mol. The van der Waals surface area contributed by atoms with Crippen LogP contribution in [0.2, 0.25) is 0 Å². The molecule has 2 heteroatoms. The molecule has 72 valence electrons. The van der Waals surface area contributed by atoms with E-state index in [1.165, 1.54) is 0 Å². The van der Waals surface area contributed by atoms with Crippen molar-refractivity contribution in [3.8, 4) is 0 Å². The van der Waals surface area contributed by atoms with Crippen LogP contribution in [0.4, 0.5) is 0 Å². The van der Waals surface area contributed by atoms with Crippen LogP contribution in [0.15, 0.2) is 12.3 Å². The fraction of sp³-hybridized carbons (Fsp3) is 0.800. The third kappa shape index (κ3) is 3.26. The maximum Gasteiger partial charge on any atom is 0.0184 e. The number of piperidine rings is 1. The van der Waals surface area contributed by atoms with Crippen molar-refractivity contribution in [2.24, 2.45) is 5.92 Å². The summed E-state index contributed by atoms with van der Waals surface area (Å²) in [4.78, 5) is 0. The van der Waals surface area contributed by atoms with Gasteiger partial charge in [0.2, 0.25) is 0 Å². The molecule has 0 spiro atoms.